The van der Waals surface area contributed by atoms with Gasteiger partial charge >= 0.3 is 6.03 Å². The van der Waals surface area contributed by atoms with Gasteiger partial charge in [-0.1, -0.05) is 43.1 Å². The first-order valence-electron chi connectivity index (χ1n) is 5.29. The topological polar surface area (TPSA) is 23.6 Å². The zero-order valence-corrected chi connectivity index (χ0v) is 10.8. The minimum absolute atomic E-state index is 0.0813. The fraction of sp³-hybridized carbons (Fsp3) is 0.417. The minimum Gasteiger partial charge on any atom is -0.317 e. The van der Waals surface area contributed by atoms with Crippen molar-refractivity contribution in [3.63, 3.8) is 0 Å². The number of urea groups is 1. The predicted molar refractivity (Wildman–Crippen MR) is 69.3 cm³/mol. The summed E-state index contributed by atoms with van der Waals surface area (Å²) >= 11 is 4.04. The van der Waals surface area contributed by atoms with Crippen LogP contribution in [0.4, 0.5) is 4.79 Å². The Labute approximate surface area is 103 Å². The maximum Gasteiger partial charge on any atom is 0.330 e. The lowest BCUT2D eigenvalue weighted by molar-refractivity contribution is 0.168. The molecule has 0 aliphatic heterocycles. The summed E-state index contributed by atoms with van der Waals surface area (Å²) in [7, 11) is 1.64. The van der Waals surface area contributed by atoms with Crippen LogP contribution in [0, 0.1) is 0 Å². The Balaban J connectivity index is 2.77. The van der Waals surface area contributed by atoms with Crippen LogP contribution < -0.4 is 0 Å². The molecule has 0 unspecified atom stereocenters. The number of hydrogen-bond donors (Lipinski definition) is 1. The van der Waals surface area contributed by atoms with Gasteiger partial charge in [-0.15, -0.1) is 0 Å². The summed E-state index contributed by atoms with van der Waals surface area (Å²) in [6.45, 7) is 4.61. The van der Waals surface area contributed by atoms with Crippen molar-refractivity contribution in [1.29, 1.82) is 0 Å². The van der Waals surface area contributed by atoms with Crippen LogP contribution in [0.3, 0.4) is 0 Å². The summed E-state index contributed by atoms with van der Waals surface area (Å²) in [6, 6.07) is 10.0. The van der Waals surface area contributed by atoms with Crippen molar-refractivity contribution in [2.24, 2.45) is 0 Å². The van der Waals surface area contributed by atoms with Gasteiger partial charge in [0, 0.05) is 19.6 Å². The molecule has 1 aromatic carbocycles. The lowest BCUT2D eigenvalue weighted by Gasteiger charge is -2.29. The van der Waals surface area contributed by atoms with E-state index in [9.17, 15) is 4.79 Å². The van der Waals surface area contributed by atoms with Crippen molar-refractivity contribution in [3.05, 3.63) is 35.9 Å². The van der Waals surface area contributed by atoms with Gasteiger partial charge in [0.05, 0.1) is 0 Å². The molecule has 0 saturated heterocycles. The molecule has 0 fully saturated rings. The maximum absolute atomic E-state index is 11.9. The third kappa shape index (κ3) is 3.45. The van der Waals surface area contributed by atoms with Crippen LogP contribution in [0.2, 0.25) is 0 Å². The molecule has 0 saturated carbocycles. The molecule has 0 N–H and O–H groups in total. The first kappa shape index (κ1) is 12.9. The summed E-state index contributed by atoms with van der Waals surface area (Å²) in [6.07, 6.45) is 0. The number of rotatable bonds is 3. The Hall–Kier alpha value is -1.16. The van der Waals surface area contributed by atoms with Gasteiger partial charge in [-0.25, -0.2) is 4.79 Å². The van der Waals surface area contributed by atoms with Gasteiger partial charge in [0.1, 0.15) is 0 Å². The second-order valence-electron chi connectivity index (χ2n) is 4.01. The van der Waals surface area contributed by atoms with Crippen LogP contribution in [0.25, 0.3) is 0 Å². The van der Waals surface area contributed by atoms with E-state index in [0.29, 0.717) is 6.54 Å². The largest absolute Gasteiger partial charge is 0.330 e. The van der Waals surface area contributed by atoms with Crippen LogP contribution in [0.5, 0.6) is 0 Å². The van der Waals surface area contributed by atoms with Crippen molar-refractivity contribution in [2.75, 3.05) is 7.05 Å². The van der Waals surface area contributed by atoms with Crippen LogP contribution in [0.1, 0.15) is 19.4 Å². The average molecular weight is 238 g/mol. The third-order valence-corrected chi connectivity index (χ3v) is 2.51. The Morgan fingerprint density at radius 3 is 2.31 bits per heavy atom. The molecular formula is C12H18N2OS. The number of hydrogen-bond acceptors (Lipinski definition) is 2. The number of carbonyl (C=O) groups is 1. The van der Waals surface area contributed by atoms with Crippen LogP contribution in [-0.2, 0) is 6.54 Å². The zero-order chi connectivity index (χ0) is 12.1. The molecule has 0 spiro atoms. The fourth-order valence-corrected chi connectivity index (χ4v) is 1.55. The highest BCUT2D eigenvalue weighted by Gasteiger charge is 2.19. The quantitative estimate of drug-likeness (QED) is 0.804. The second-order valence-corrected chi connectivity index (χ2v) is 4.61. The molecule has 16 heavy (non-hydrogen) atoms. The van der Waals surface area contributed by atoms with E-state index in [2.05, 4.69) is 12.8 Å². The van der Waals surface area contributed by atoms with Gasteiger partial charge in [-0.05, 0) is 19.4 Å². The highest BCUT2D eigenvalue weighted by atomic mass is 32.1. The van der Waals surface area contributed by atoms with Crippen molar-refractivity contribution in [1.82, 2.24) is 9.21 Å². The first-order chi connectivity index (χ1) is 7.52. The number of thiol groups is 1. The molecule has 88 valence electrons. The molecule has 2 amide bonds. The van der Waals surface area contributed by atoms with Crippen LogP contribution >= 0.6 is 12.8 Å². The monoisotopic (exact) mass is 238 g/mol. The Bertz CT molecular complexity index is 338. The molecule has 4 heteroatoms. The summed E-state index contributed by atoms with van der Waals surface area (Å²) in [5.74, 6) is 0. The van der Waals surface area contributed by atoms with Crippen LogP contribution in [-0.4, -0.2) is 28.3 Å². The van der Waals surface area contributed by atoms with Gasteiger partial charge in [0.25, 0.3) is 0 Å². The van der Waals surface area contributed by atoms with Crippen molar-refractivity contribution in [2.45, 2.75) is 26.4 Å². The molecule has 1 aromatic rings. The Morgan fingerprint density at radius 1 is 1.31 bits per heavy atom. The van der Waals surface area contributed by atoms with Crippen molar-refractivity contribution >= 4 is 18.8 Å². The van der Waals surface area contributed by atoms with E-state index in [-0.39, 0.29) is 12.1 Å². The van der Waals surface area contributed by atoms with E-state index >= 15 is 0 Å². The molecule has 0 bridgehead atoms. The zero-order valence-electron chi connectivity index (χ0n) is 9.92. The van der Waals surface area contributed by atoms with Gasteiger partial charge in [0.2, 0.25) is 0 Å². The van der Waals surface area contributed by atoms with Gasteiger partial charge in [-0.3, -0.25) is 4.31 Å². The molecular weight excluding hydrogens is 220 g/mol. The SMILES string of the molecule is CC(C)N(Cc1ccccc1)C(=O)N(C)S. The molecule has 3 nitrogen and oxygen atoms in total. The smallest absolute Gasteiger partial charge is 0.317 e. The summed E-state index contributed by atoms with van der Waals surface area (Å²) in [4.78, 5) is 13.6. The van der Waals surface area contributed by atoms with Gasteiger partial charge in [0.15, 0.2) is 0 Å². The van der Waals surface area contributed by atoms with E-state index in [0.717, 1.165) is 5.56 Å². The third-order valence-electron chi connectivity index (χ3n) is 2.34. The summed E-state index contributed by atoms with van der Waals surface area (Å²) < 4.78 is 1.31. The molecule has 0 heterocycles. The summed E-state index contributed by atoms with van der Waals surface area (Å²) in [5, 5.41) is 0. The van der Waals surface area contributed by atoms with Crippen LogP contribution in [0.15, 0.2) is 30.3 Å². The molecule has 0 aromatic heterocycles. The Kier molecular flexibility index (Phi) is 4.68. The number of amides is 2. The first-order valence-corrected chi connectivity index (χ1v) is 5.69. The highest BCUT2D eigenvalue weighted by molar-refractivity contribution is 7.78. The molecule has 0 aliphatic carbocycles. The molecule has 0 atom stereocenters. The number of nitrogens with zero attached hydrogens (tertiary/aromatic N) is 2. The summed E-state index contributed by atoms with van der Waals surface area (Å²) in [5.41, 5.74) is 1.12. The second kappa shape index (κ2) is 5.80. The van der Waals surface area contributed by atoms with E-state index in [4.69, 9.17) is 0 Å². The minimum atomic E-state index is -0.0813. The maximum atomic E-state index is 11.9. The van der Waals surface area contributed by atoms with Crippen molar-refractivity contribution < 1.29 is 4.79 Å². The van der Waals surface area contributed by atoms with E-state index in [1.54, 1.807) is 11.9 Å². The standard InChI is InChI=1S/C12H18N2OS/c1-10(2)14(12(15)13(3)16)9-11-7-5-4-6-8-11/h4-8,10,16H,9H2,1-3H3. The predicted octanol–water partition coefficient (Wildman–Crippen LogP) is 2.79. The molecule has 0 aliphatic rings. The Morgan fingerprint density at radius 2 is 1.88 bits per heavy atom. The lowest BCUT2D eigenvalue weighted by Crippen LogP contribution is -2.41. The molecule has 1 rings (SSSR count). The number of benzene rings is 1. The van der Waals surface area contributed by atoms with E-state index < -0.39 is 0 Å². The number of carbonyl (C=O) groups excluding carboxylic acids is 1. The van der Waals surface area contributed by atoms with Gasteiger partial charge < -0.3 is 4.90 Å². The lowest BCUT2D eigenvalue weighted by atomic mass is 10.2. The highest BCUT2D eigenvalue weighted by Crippen LogP contribution is 2.11. The normalized spacial score (nSPS) is 10.3. The van der Waals surface area contributed by atoms with Gasteiger partial charge in [-0.2, -0.15) is 0 Å². The average Bonchev–Trinajstić information content (AvgIpc) is 2.26. The van der Waals surface area contributed by atoms with Crippen molar-refractivity contribution in [3.8, 4) is 0 Å². The van der Waals surface area contributed by atoms with E-state index in [1.165, 1.54) is 4.31 Å². The fourth-order valence-electron chi connectivity index (χ4n) is 1.44. The molecule has 0 radical (unpaired) electrons. The van der Waals surface area contributed by atoms with E-state index in [1.807, 2.05) is 44.2 Å².